The molecule has 1 heterocycles. The predicted octanol–water partition coefficient (Wildman–Crippen LogP) is 2.34. The Bertz CT molecular complexity index is 302. The van der Waals surface area contributed by atoms with Gasteiger partial charge in [0.05, 0.1) is 5.60 Å². The zero-order valence-electron chi connectivity index (χ0n) is 7.87. The van der Waals surface area contributed by atoms with Gasteiger partial charge in [0.1, 0.15) is 0 Å². The van der Waals surface area contributed by atoms with E-state index in [4.69, 9.17) is 16.3 Å². The van der Waals surface area contributed by atoms with Gasteiger partial charge >= 0.3 is 0 Å². The molecule has 1 aromatic carbocycles. The molecular weight excluding hydrogens is 200 g/mol. The molecule has 2 rings (SSSR count). The van der Waals surface area contributed by atoms with Crippen molar-refractivity contribution in [2.24, 2.45) is 0 Å². The summed E-state index contributed by atoms with van der Waals surface area (Å²) in [5.74, 6) is 0. The smallest absolute Gasteiger partial charge is 0.0940 e. The maximum absolute atomic E-state index is 10.3. The highest BCUT2D eigenvalue weighted by atomic mass is 35.5. The Labute approximate surface area is 88.5 Å². The Kier molecular flexibility index (Phi) is 2.77. The Balaban J connectivity index is 2.23. The minimum Gasteiger partial charge on any atom is -0.385 e. The molecule has 0 saturated carbocycles. The Morgan fingerprint density at radius 1 is 1.14 bits per heavy atom. The van der Waals surface area contributed by atoms with E-state index in [0.717, 1.165) is 5.56 Å². The van der Waals surface area contributed by atoms with E-state index in [0.29, 0.717) is 31.1 Å². The maximum atomic E-state index is 10.3. The number of rotatable bonds is 1. The van der Waals surface area contributed by atoms with E-state index in [9.17, 15) is 5.11 Å². The van der Waals surface area contributed by atoms with E-state index in [2.05, 4.69) is 0 Å². The van der Waals surface area contributed by atoms with Crippen LogP contribution in [0.15, 0.2) is 24.3 Å². The molecule has 76 valence electrons. The molecule has 0 unspecified atom stereocenters. The van der Waals surface area contributed by atoms with Crippen LogP contribution in [0.3, 0.4) is 0 Å². The molecule has 1 N–H and O–H groups in total. The Morgan fingerprint density at radius 3 is 2.29 bits per heavy atom. The van der Waals surface area contributed by atoms with Crippen molar-refractivity contribution < 1.29 is 9.84 Å². The van der Waals surface area contributed by atoms with Gasteiger partial charge in [-0.1, -0.05) is 23.7 Å². The van der Waals surface area contributed by atoms with Gasteiger partial charge < -0.3 is 9.84 Å². The highest BCUT2D eigenvalue weighted by molar-refractivity contribution is 6.30. The van der Waals surface area contributed by atoms with E-state index < -0.39 is 5.60 Å². The molecule has 1 fully saturated rings. The zero-order chi connectivity index (χ0) is 10.0. The molecule has 0 radical (unpaired) electrons. The molecular formula is C11H13ClO2. The van der Waals surface area contributed by atoms with Crippen LogP contribution >= 0.6 is 11.6 Å². The molecule has 0 aromatic heterocycles. The maximum Gasteiger partial charge on any atom is 0.0940 e. The molecule has 0 atom stereocenters. The molecule has 0 bridgehead atoms. The Morgan fingerprint density at radius 2 is 1.71 bits per heavy atom. The van der Waals surface area contributed by atoms with Crippen LogP contribution in [-0.4, -0.2) is 18.3 Å². The lowest BCUT2D eigenvalue weighted by Crippen LogP contribution is -2.33. The van der Waals surface area contributed by atoms with Gasteiger partial charge in [0.25, 0.3) is 0 Å². The summed E-state index contributed by atoms with van der Waals surface area (Å²) in [7, 11) is 0. The molecule has 1 aliphatic heterocycles. The molecule has 0 amide bonds. The lowest BCUT2D eigenvalue weighted by Gasteiger charge is -2.32. The standard InChI is InChI=1S/C11H13ClO2/c12-10-3-1-9(2-4-10)11(13)5-7-14-8-6-11/h1-4,13H,5-8H2. The fourth-order valence-electron chi connectivity index (χ4n) is 1.76. The summed E-state index contributed by atoms with van der Waals surface area (Å²) in [6.07, 6.45) is 1.32. The third-order valence-corrected chi connectivity index (χ3v) is 2.95. The molecule has 3 heteroatoms. The summed E-state index contributed by atoms with van der Waals surface area (Å²) in [5, 5.41) is 11.0. The van der Waals surface area contributed by atoms with Gasteiger partial charge in [-0.15, -0.1) is 0 Å². The van der Waals surface area contributed by atoms with Crippen LogP contribution in [-0.2, 0) is 10.3 Å². The lowest BCUT2D eigenvalue weighted by atomic mass is 9.87. The first-order valence-electron chi connectivity index (χ1n) is 4.77. The highest BCUT2D eigenvalue weighted by Crippen LogP contribution is 2.32. The molecule has 0 spiro atoms. The number of aliphatic hydroxyl groups is 1. The van der Waals surface area contributed by atoms with E-state index in [1.165, 1.54) is 0 Å². The lowest BCUT2D eigenvalue weighted by molar-refractivity contribution is -0.0679. The molecule has 0 aliphatic carbocycles. The van der Waals surface area contributed by atoms with E-state index in [1.807, 2.05) is 24.3 Å². The zero-order valence-corrected chi connectivity index (χ0v) is 8.63. The van der Waals surface area contributed by atoms with Crippen molar-refractivity contribution in [2.45, 2.75) is 18.4 Å². The van der Waals surface area contributed by atoms with Gasteiger partial charge in [0.15, 0.2) is 0 Å². The fraction of sp³-hybridized carbons (Fsp3) is 0.455. The van der Waals surface area contributed by atoms with Crippen molar-refractivity contribution in [1.29, 1.82) is 0 Å². The van der Waals surface area contributed by atoms with Crippen LogP contribution in [0.2, 0.25) is 5.02 Å². The van der Waals surface area contributed by atoms with Crippen LogP contribution < -0.4 is 0 Å². The van der Waals surface area contributed by atoms with Gasteiger partial charge in [-0.25, -0.2) is 0 Å². The first kappa shape index (κ1) is 9.97. The highest BCUT2D eigenvalue weighted by Gasteiger charge is 2.31. The first-order valence-corrected chi connectivity index (χ1v) is 5.15. The predicted molar refractivity (Wildman–Crippen MR) is 55.4 cm³/mol. The summed E-state index contributed by atoms with van der Waals surface area (Å²) in [5.41, 5.74) is 0.216. The number of halogens is 1. The average molecular weight is 213 g/mol. The summed E-state index contributed by atoms with van der Waals surface area (Å²) < 4.78 is 5.22. The van der Waals surface area contributed by atoms with E-state index in [-0.39, 0.29) is 0 Å². The monoisotopic (exact) mass is 212 g/mol. The van der Waals surface area contributed by atoms with Crippen LogP contribution in [0.25, 0.3) is 0 Å². The molecule has 1 aliphatic rings. The summed E-state index contributed by atoms with van der Waals surface area (Å²) in [4.78, 5) is 0. The minimum absolute atomic E-state index is 0.624. The quantitative estimate of drug-likeness (QED) is 0.775. The molecule has 1 aromatic rings. The summed E-state index contributed by atoms with van der Waals surface area (Å²) in [6.45, 7) is 1.25. The van der Waals surface area contributed by atoms with Gasteiger partial charge in [-0.3, -0.25) is 0 Å². The largest absolute Gasteiger partial charge is 0.385 e. The average Bonchev–Trinajstić information content (AvgIpc) is 2.19. The van der Waals surface area contributed by atoms with Crippen molar-refractivity contribution in [3.8, 4) is 0 Å². The SMILES string of the molecule is OC1(c2ccc(Cl)cc2)CCOCC1. The first-order chi connectivity index (χ1) is 6.71. The van der Waals surface area contributed by atoms with Crippen molar-refractivity contribution >= 4 is 11.6 Å². The topological polar surface area (TPSA) is 29.5 Å². The van der Waals surface area contributed by atoms with Crippen LogP contribution in [0.4, 0.5) is 0 Å². The fourth-order valence-corrected chi connectivity index (χ4v) is 1.88. The number of hydrogen-bond acceptors (Lipinski definition) is 2. The number of benzene rings is 1. The van der Waals surface area contributed by atoms with Gasteiger partial charge in [0.2, 0.25) is 0 Å². The van der Waals surface area contributed by atoms with Crippen molar-refractivity contribution in [3.63, 3.8) is 0 Å². The van der Waals surface area contributed by atoms with Crippen molar-refractivity contribution in [1.82, 2.24) is 0 Å². The normalized spacial score (nSPS) is 20.7. The summed E-state index contributed by atoms with van der Waals surface area (Å²) in [6, 6.07) is 7.38. The van der Waals surface area contributed by atoms with Gasteiger partial charge in [-0.05, 0) is 17.7 Å². The van der Waals surface area contributed by atoms with Gasteiger partial charge in [-0.2, -0.15) is 0 Å². The van der Waals surface area contributed by atoms with Crippen molar-refractivity contribution in [3.05, 3.63) is 34.9 Å². The van der Waals surface area contributed by atoms with Crippen LogP contribution in [0, 0.1) is 0 Å². The molecule has 1 saturated heterocycles. The second kappa shape index (κ2) is 3.89. The van der Waals surface area contributed by atoms with E-state index >= 15 is 0 Å². The summed E-state index contributed by atoms with van der Waals surface area (Å²) >= 11 is 5.79. The number of ether oxygens (including phenoxy) is 1. The number of hydrogen-bond donors (Lipinski definition) is 1. The second-order valence-corrected chi connectivity index (χ2v) is 4.09. The second-order valence-electron chi connectivity index (χ2n) is 3.65. The van der Waals surface area contributed by atoms with E-state index in [1.54, 1.807) is 0 Å². The van der Waals surface area contributed by atoms with Gasteiger partial charge in [0, 0.05) is 31.1 Å². The minimum atomic E-state index is -0.719. The van der Waals surface area contributed by atoms with Crippen molar-refractivity contribution in [2.75, 3.05) is 13.2 Å². The third kappa shape index (κ3) is 1.92. The molecule has 2 nitrogen and oxygen atoms in total. The van der Waals surface area contributed by atoms with Crippen LogP contribution in [0.1, 0.15) is 18.4 Å². The van der Waals surface area contributed by atoms with Crippen LogP contribution in [0.5, 0.6) is 0 Å². The Hall–Kier alpha value is -0.570. The third-order valence-electron chi connectivity index (χ3n) is 2.70. The molecule has 14 heavy (non-hydrogen) atoms.